The zero-order valence-corrected chi connectivity index (χ0v) is 16.6. The molecule has 2 aromatic heterocycles. The fourth-order valence-electron chi connectivity index (χ4n) is 3.83. The van der Waals surface area contributed by atoms with Gasteiger partial charge in [0.05, 0.1) is 11.3 Å². The smallest absolute Gasteiger partial charge is 0.253 e. The summed E-state index contributed by atoms with van der Waals surface area (Å²) in [4.78, 5) is 16.9. The van der Waals surface area contributed by atoms with Gasteiger partial charge in [-0.2, -0.15) is 5.10 Å². The van der Waals surface area contributed by atoms with E-state index >= 15 is 0 Å². The topological polar surface area (TPSA) is 59.8 Å². The molecule has 2 aromatic rings. The zero-order chi connectivity index (χ0) is 18.8. The summed E-state index contributed by atoms with van der Waals surface area (Å²) in [7, 11) is 0. The van der Waals surface area contributed by atoms with E-state index in [-0.39, 0.29) is 11.9 Å². The molecule has 0 saturated heterocycles. The first-order chi connectivity index (χ1) is 12.3. The molecule has 0 unspecified atom stereocenters. The fraction of sp³-hybridized carbons (Fsp3) is 0.571. The van der Waals surface area contributed by atoms with Crippen LogP contribution in [0.15, 0.2) is 12.3 Å². The molecule has 0 atom stereocenters. The molecule has 5 heteroatoms. The highest BCUT2D eigenvalue weighted by molar-refractivity contribution is 5.95. The van der Waals surface area contributed by atoms with E-state index in [0.29, 0.717) is 11.5 Å². The van der Waals surface area contributed by atoms with Gasteiger partial charge in [0.25, 0.3) is 5.91 Å². The average Bonchev–Trinajstić information content (AvgIpc) is 2.85. The summed E-state index contributed by atoms with van der Waals surface area (Å²) in [5.41, 5.74) is 6.22. The molecule has 0 aliphatic heterocycles. The van der Waals surface area contributed by atoms with Gasteiger partial charge in [-0.25, -0.2) is 0 Å². The van der Waals surface area contributed by atoms with Gasteiger partial charge in [0.2, 0.25) is 0 Å². The molecule has 5 nitrogen and oxygen atoms in total. The van der Waals surface area contributed by atoms with E-state index in [9.17, 15) is 4.79 Å². The Bertz CT molecular complexity index is 801. The highest BCUT2D eigenvalue weighted by Crippen LogP contribution is 2.27. The Labute approximate surface area is 156 Å². The number of nitrogens with one attached hydrogen (secondary N) is 1. The van der Waals surface area contributed by atoms with Crippen LogP contribution in [0.5, 0.6) is 0 Å². The van der Waals surface area contributed by atoms with Crippen LogP contribution in [-0.4, -0.2) is 26.7 Å². The van der Waals surface area contributed by atoms with Crippen LogP contribution in [0.4, 0.5) is 0 Å². The molecule has 1 aliphatic carbocycles. The number of carbonyl (C=O) groups excluding carboxylic acids is 1. The third-order valence-electron chi connectivity index (χ3n) is 5.82. The van der Waals surface area contributed by atoms with Gasteiger partial charge in [-0.05, 0) is 83.4 Å². The van der Waals surface area contributed by atoms with Crippen LogP contribution in [0.2, 0.25) is 0 Å². The van der Waals surface area contributed by atoms with Crippen LogP contribution in [0.3, 0.4) is 0 Å². The average molecular weight is 354 g/mol. The van der Waals surface area contributed by atoms with Crippen molar-refractivity contribution in [2.24, 2.45) is 5.92 Å². The molecule has 140 valence electrons. The maximum Gasteiger partial charge on any atom is 0.253 e. The Morgan fingerprint density at radius 2 is 1.81 bits per heavy atom. The predicted octanol–water partition coefficient (Wildman–Crippen LogP) is 3.81. The third-order valence-corrected chi connectivity index (χ3v) is 5.82. The third kappa shape index (κ3) is 3.97. The van der Waals surface area contributed by atoms with Gasteiger partial charge in [-0.15, -0.1) is 0 Å². The van der Waals surface area contributed by atoms with Gasteiger partial charge in [0.15, 0.2) is 0 Å². The number of pyridine rings is 1. The van der Waals surface area contributed by atoms with E-state index in [0.717, 1.165) is 49.2 Å². The first kappa shape index (κ1) is 18.6. The van der Waals surface area contributed by atoms with E-state index in [1.54, 1.807) is 6.20 Å². The molecular weight excluding hydrogens is 324 g/mol. The van der Waals surface area contributed by atoms with E-state index in [1.807, 2.05) is 19.9 Å². The normalized spacial score (nSPS) is 20.2. The van der Waals surface area contributed by atoms with Gasteiger partial charge in [0, 0.05) is 30.2 Å². The molecule has 1 N–H and O–H groups in total. The molecule has 3 rings (SSSR count). The van der Waals surface area contributed by atoms with Crippen molar-refractivity contribution in [3.05, 3.63) is 46.0 Å². The predicted molar refractivity (Wildman–Crippen MR) is 103 cm³/mol. The molecule has 0 aromatic carbocycles. The number of aromatic nitrogens is 3. The van der Waals surface area contributed by atoms with E-state index < -0.39 is 0 Å². The molecule has 1 fully saturated rings. The van der Waals surface area contributed by atoms with Crippen molar-refractivity contribution in [1.82, 2.24) is 20.1 Å². The van der Waals surface area contributed by atoms with Crippen molar-refractivity contribution in [3.8, 4) is 0 Å². The van der Waals surface area contributed by atoms with Crippen molar-refractivity contribution in [2.75, 3.05) is 0 Å². The first-order valence-electron chi connectivity index (χ1n) is 9.60. The summed E-state index contributed by atoms with van der Waals surface area (Å²) in [5, 5.41) is 7.88. The highest BCUT2D eigenvalue weighted by atomic mass is 16.1. The van der Waals surface area contributed by atoms with E-state index in [4.69, 9.17) is 0 Å². The number of rotatable bonds is 4. The first-order valence-corrected chi connectivity index (χ1v) is 9.60. The molecule has 26 heavy (non-hydrogen) atoms. The Morgan fingerprint density at radius 3 is 2.42 bits per heavy atom. The van der Waals surface area contributed by atoms with Crippen LogP contribution < -0.4 is 5.32 Å². The molecule has 1 aliphatic rings. The second-order valence-electron chi connectivity index (χ2n) is 7.81. The van der Waals surface area contributed by atoms with Crippen molar-refractivity contribution < 1.29 is 4.79 Å². The number of hydrogen-bond donors (Lipinski definition) is 1. The summed E-state index contributed by atoms with van der Waals surface area (Å²) in [6.07, 6.45) is 6.14. The summed E-state index contributed by atoms with van der Waals surface area (Å²) in [5.74, 6) is 0.652. The lowest BCUT2D eigenvalue weighted by atomic mass is 9.86. The number of carbonyl (C=O) groups is 1. The lowest BCUT2D eigenvalue weighted by Gasteiger charge is -2.29. The van der Waals surface area contributed by atoms with Crippen molar-refractivity contribution in [1.29, 1.82) is 0 Å². The van der Waals surface area contributed by atoms with Crippen LogP contribution in [-0.2, 0) is 6.54 Å². The minimum absolute atomic E-state index is 0.0105. The largest absolute Gasteiger partial charge is 0.349 e. The lowest BCUT2D eigenvalue weighted by Crippen LogP contribution is -2.38. The molecule has 2 heterocycles. The second-order valence-corrected chi connectivity index (χ2v) is 7.81. The summed E-state index contributed by atoms with van der Waals surface area (Å²) < 4.78 is 2.16. The number of aryl methyl sites for hydroxylation is 3. The van der Waals surface area contributed by atoms with Crippen LogP contribution in [0.1, 0.15) is 64.2 Å². The summed E-state index contributed by atoms with van der Waals surface area (Å²) in [6, 6.07) is 2.19. The maximum atomic E-state index is 12.6. The molecule has 0 radical (unpaired) electrons. The van der Waals surface area contributed by atoms with E-state index in [1.165, 1.54) is 11.3 Å². The van der Waals surface area contributed by atoms with Crippen molar-refractivity contribution in [3.63, 3.8) is 0 Å². The number of hydrogen-bond acceptors (Lipinski definition) is 3. The van der Waals surface area contributed by atoms with Crippen LogP contribution >= 0.6 is 0 Å². The van der Waals surface area contributed by atoms with E-state index in [2.05, 4.69) is 40.9 Å². The van der Waals surface area contributed by atoms with Gasteiger partial charge in [0.1, 0.15) is 0 Å². The SMILES string of the molecule is Cc1cnc(C)c(C(=O)N[C@H]2CC[C@H](Cn3nc(C)c(C)c3C)CC2)c1. The molecule has 1 saturated carbocycles. The quantitative estimate of drug-likeness (QED) is 0.908. The zero-order valence-electron chi connectivity index (χ0n) is 16.6. The summed E-state index contributed by atoms with van der Waals surface area (Å²) in [6.45, 7) is 11.2. The Hall–Kier alpha value is -2.17. The van der Waals surface area contributed by atoms with Crippen LogP contribution in [0, 0.1) is 40.5 Å². The molecule has 0 bridgehead atoms. The standard InChI is InChI=1S/C21H30N4O/c1-13-10-20(16(4)22-11-13)21(26)23-19-8-6-18(7-9-19)12-25-17(5)14(2)15(3)24-25/h10-11,18-19H,6-9,12H2,1-5H3,(H,23,26)/t18-,19-. The maximum absolute atomic E-state index is 12.6. The number of amides is 1. The fourth-order valence-corrected chi connectivity index (χ4v) is 3.83. The molecule has 0 spiro atoms. The van der Waals surface area contributed by atoms with Crippen LogP contribution in [0.25, 0.3) is 0 Å². The highest BCUT2D eigenvalue weighted by Gasteiger charge is 2.24. The Kier molecular flexibility index (Phi) is 5.44. The van der Waals surface area contributed by atoms with Gasteiger partial charge in [-0.1, -0.05) is 0 Å². The number of nitrogens with zero attached hydrogens (tertiary/aromatic N) is 3. The Morgan fingerprint density at radius 1 is 1.12 bits per heavy atom. The van der Waals surface area contributed by atoms with Gasteiger partial charge >= 0.3 is 0 Å². The summed E-state index contributed by atoms with van der Waals surface area (Å²) >= 11 is 0. The van der Waals surface area contributed by atoms with Crippen molar-refractivity contribution >= 4 is 5.91 Å². The van der Waals surface area contributed by atoms with Crippen molar-refractivity contribution in [2.45, 2.75) is 72.9 Å². The molecular formula is C21H30N4O. The molecule has 1 amide bonds. The van der Waals surface area contributed by atoms with Gasteiger partial charge < -0.3 is 5.32 Å². The Balaban J connectivity index is 1.54. The second kappa shape index (κ2) is 7.60. The lowest BCUT2D eigenvalue weighted by molar-refractivity contribution is 0.0919. The minimum atomic E-state index is 0.0105. The monoisotopic (exact) mass is 354 g/mol. The minimum Gasteiger partial charge on any atom is -0.349 e. The van der Waals surface area contributed by atoms with Gasteiger partial charge in [-0.3, -0.25) is 14.5 Å².